The van der Waals surface area contributed by atoms with Gasteiger partial charge < -0.3 is 10.1 Å². The van der Waals surface area contributed by atoms with Crippen molar-refractivity contribution in [1.29, 1.82) is 5.41 Å². The van der Waals surface area contributed by atoms with Crippen LogP contribution < -0.4 is 0 Å². The summed E-state index contributed by atoms with van der Waals surface area (Å²) in [5.74, 6) is 0. The van der Waals surface area contributed by atoms with Crippen LogP contribution in [0.3, 0.4) is 0 Å². The average Bonchev–Trinajstić information content (AvgIpc) is 1.69. The molecule has 0 aromatic heterocycles. The molecule has 38 valence electrons. The van der Waals surface area contributed by atoms with Gasteiger partial charge >= 0.3 is 0 Å². The van der Waals surface area contributed by atoms with Crippen molar-refractivity contribution in [2.45, 2.75) is 6.42 Å². The first-order valence-electron chi connectivity index (χ1n) is 2.22. The van der Waals surface area contributed by atoms with E-state index in [4.69, 9.17) is 10.1 Å². The number of ether oxygens (including phenoxy) is 1. The SMILES string of the molecule is N=C1CC=COC1. The van der Waals surface area contributed by atoms with Crippen molar-refractivity contribution < 1.29 is 4.74 Å². The first kappa shape index (κ1) is 4.37. The number of nitrogens with one attached hydrogen (secondary N) is 1. The van der Waals surface area contributed by atoms with Crippen LogP contribution in [0.2, 0.25) is 0 Å². The van der Waals surface area contributed by atoms with Crippen molar-refractivity contribution in [3.63, 3.8) is 0 Å². The fraction of sp³-hybridized carbons (Fsp3) is 0.400. The fourth-order valence-electron chi connectivity index (χ4n) is 0.466. The summed E-state index contributed by atoms with van der Waals surface area (Å²) in [6, 6.07) is 0. The summed E-state index contributed by atoms with van der Waals surface area (Å²) in [6.45, 7) is 0.483. The molecule has 1 N–H and O–H groups in total. The van der Waals surface area contributed by atoms with Crippen LogP contribution in [0.4, 0.5) is 0 Å². The molecule has 0 saturated carbocycles. The molecule has 0 amide bonds. The lowest BCUT2D eigenvalue weighted by Crippen LogP contribution is -2.06. The fourth-order valence-corrected chi connectivity index (χ4v) is 0.466. The largest absolute Gasteiger partial charge is 0.496 e. The zero-order valence-electron chi connectivity index (χ0n) is 3.98. The predicted octanol–water partition coefficient (Wildman–Crippen LogP) is 0.940. The Bertz CT molecular complexity index is 107. The van der Waals surface area contributed by atoms with E-state index in [2.05, 4.69) is 0 Å². The van der Waals surface area contributed by atoms with Gasteiger partial charge in [0, 0.05) is 6.42 Å². The number of allylic oxidation sites excluding steroid dienone is 1. The molecule has 0 aromatic carbocycles. The zero-order valence-corrected chi connectivity index (χ0v) is 3.98. The average molecular weight is 97.1 g/mol. The van der Waals surface area contributed by atoms with Crippen molar-refractivity contribution in [3.05, 3.63) is 12.3 Å². The van der Waals surface area contributed by atoms with Gasteiger partial charge in [-0.1, -0.05) is 0 Å². The highest BCUT2D eigenvalue weighted by Crippen LogP contribution is 1.94. The molecule has 1 heterocycles. The summed E-state index contributed by atoms with van der Waals surface area (Å²) in [5.41, 5.74) is 0.655. The van der Waals surface area contributed by atoms with Gasteiger partial charge in [0.2, 0.25) is 0 Å². The van der Waals surface area contributed by atoms with Crippen LogP contribution in [0, 0.1) is 5.41 Å². The van der Waals surface area contributed by atoms with E-state index in [-0.39, 0.29) is 0 Å². The van der Waals surface area contributed by atoms with Crippen LogP contribution in [-0.2, 0) is 4.74 Å². The maximum absolute atomic E-state index is 7.01. The van der Waals surface area contributed by atoms with Crippen molar-refractivity contribution in [2.75, 3.05) is 6.61 Å². The molecule has 0 saturated heterocycles. The lowest BCUT2D eigenvalue weighted by molar-refractivity contribution is 0.293. The van der Waals surface area contributed by atoms with Crippen LogP contribution >= 0.6 is 0 Å². The van der Waals surface area contributed by atoms with E-state index in [0.29, 0.717) is 12.3 Å². The minimum Gasteiger partial charge on any atom is -0.496 e. The first-order valence-corrected chi connectivity index (χ1v) is 2.22. The molecule has 2 nitrogen and oxygen atoms in total. The second-order valence-electron chi connectivity index (χ2n) is 1.49. The van der Waals surface area contributed by atoms with Gasteiger partial charge in [-0.2, -0.15) is 0 Å². The minimum absolute atomic E-state index is 0.483. The standard InChI is InChI=1S/C5H7NO/c6-5-2-1-3-7-4-5/h1,3,6H,2,4H2. The molecule has 0 unspecified atom stereocenters. The Morgan fingerprint density at radius 1 is 1.71 bits per heavy atom. The molecule has 1 aliphatic heterocycles. The van der Waals surface area contributed by atoms with E-state index in [1.54, 1.807) is 6.26 Å². The van der Waals surface area contributed by atoms with Crippen molar-refractivity contribution in [1.82, 2.24) is 0 Å². The molecule has 1 rings (SSSR count). The van der Waals surface area contributed by atoms with Crippen LogP contribution in [0.5, 0.6) is 0 Å². The molecule has 2 heteroatoms. The van der Waals surface area contributed by atoms with Crippen LogP contribution in [0.15, 0.2) is 12.3 Å². The van der Waals surface area contributed by atoms with Gasteiger partial charge in [0.25, 0.3) is 0 Å². The van der Waals surface area contributed by atoms with Crippen molar-refractivity contribution in [2.24, 2.45) is 0 Å². The van der Waals surface area contributed by atoms with E-state index in [1.807, 2.05) is 6.08 Å². The number of hydrogen-bond acceptors (Lipinski definition) is 2. The molecule has 0 atom stereocenters. The molecule has 0 radical (unpaired) electrons. The summed E-state index contributed by atoms with van der Waals surface area (Å²) in [6.07, 6.45) is 4.24. The summed E-state index contributed by atoms with van der Waals surface area (Å²) in [5, 5.41) is 7.01. The van der Waals surface area contributed by atoms with E-state index >= 15 is 0 Å². The molecular formula is C5H7NO. The highest BCUT2D eigenvalue weighted by Gasteiger charge is 1.96. The van der Waals surface area contributed by atoms with Gasteiger partial charge in [0.1, 0.15) is 6.61 Å². The lowest BCUT2D eigenvalue weighted by Gasteiger charge is -2.04. The van der Waals surface area contributed by atoms with Crippen LogP contribution in [-0.4, -0.2) is 12.3 Å². The second kappa shape index (κ2) is 1.78. The molecule has 1 aliphatic rings. The van der Waals surface area contributed by atoms with Gasteiger partial charge in [-0.25, -0.2) is 0 Å². The van der Waals surface area contributed by atoms with Gasteiger partial charge in [0.15, 0.2) is 0 Å². The predicted molar refractivity (Wildman–Crippen MR) is 27.4 cm³/mol. The topological polar surface area (TPSA) is 33.1 Å². The molecule has 0 fully saturated rings. The maximum Gasteiger partial charge on any atom is 0.125 e. The zero-order chi connectivity index (χ0) is 5.11. The molecule has 0 bridgehead atoms. The second-order valence-corrected chi connectivity index (χ2v) is 1.49. The van der Waals surface area contributed by atoms with Gasteiger partial charge in [0.05, 0.1) is 12.0 Å². The smallest absolute Gasteiger partial charge is 0.125 e. The number of hydrogen-bond donors (Lipinski definition) is 1. The Morgan fingerprint density at radius 2 is 2.57 bits per heavy atom. The van der Waals surface area contributed by atoms with Gasteiger partial charge in [-0.05, 0) is 6.08 Å². The Morgan fingerprint density at radius 3 is 2.86 bits per heavy atom. The number of rotatable bonds is 0. The Hall–Kier alpha value is -0.790. The van der Waals surface area contributed by atoms with E-state index in [1.165, 1.54) is 0 Å². The first-order chi connectivity index (χ1) is 3.39. The van der Waals surface area contributed by atoms with Gasteiger partial charge in [-0.15, -0.1) is 0 Å². The highest BCUT2D eigenvalue weighted by molar-refractivity contribution is 5.84. The molecule has 0 spiro atoms. The molecule has 0 aliphatic carbocycles. The van der Waals surface area contributed by atoms with Gasteiger partial charge in [-0.3, -0.25) is 0 Å². The van der Waals surface area contributed by atoms with Crippen molar-refractivity contribution >= 4 is 5.71 Å². The molecule has 7 heavy (non-hydrogen) atoms. The van der Waals surface area contributed by atoms with Crippen molar-refractivity contribution in [3.8, 4) is 0 Å². The molecule has 0 aromatic rings. The van der Waals surface area contributed by atoms with E-state index in [9.17, 15) is 0 Å². The monoisotopic (exact) mass is 97.1 g/mol. The van der Waals surface area contributed by atoms with Crippen LogP contribution in [0.1, 0.15) is 6.42 Å². The summed E-state index contributed by atoms with van der Waals surface area (Å²) in [7, 11) is 0. The minimum atomic E-state index is 0.483. The molecular weight excluding hydrogens is 90.1 g/mol. The lowest BCUT2D eigenvalue weighted by atomic mass is 10.2. The quantitative estimate of drug-likeness (QED) is 0.479. The highest BCUT2D eigenvalue weighted by atomic mass is 16.5. The summed E-state index contributed by atoms with van der Waals surface area (Å²) < 4.78 is 4.78. The summed E-state index contributed by atoms with van der Waals surface area (Å²) in [4.78, 5) is 0. The Kier molecular flexibility index (Phi) is 1.11. The van der Waals surface area contributed by atoms with E-state index in [0.717, 1.165) is 6.42 Å². The third-order valence-electron chi connectivity index (χ3n) is 0.814. The van der Waals surface area contributed by atoms with Crippen LogP contribution in [0.25, 0.3) is 0 Å². The maximum atomic E-state index is 7.01. The Labute approximate surface area is 42.3 Å². The summed E-state index contributed by atoms with van der Waals surface area (Å²) >= 11 is 0. The normalized spacial score (nSPS) is 19.1. The van der Waals surface area contributed by atoms with E-state index < -0.39 is 0 Å². The third-order valence-corrected chi connectivity index (χ3v) is 0.814. The third kappa shape index (κ3) is 1.03. The Balaban J connectivity index is 2.47.